The fourth-order valence-electron chi connectivity index (χ4n) is 1.80. The Morgan fingerprint density at radius 1 is 1.53 bits per heavy atom. The Morgan fingerprint density at radius 2 is 2.24 bits per heavy atom. The van der Waals surface area contributed by atoms with Crippen molar-refractivity contribution in [2.45, 2.75) is 26.3 Å². The van der Waals surface area contributed by atoms with Crippen LogP contribution in [0.25, 0.3) is 0 Å². The summed E-state index contributed by atoms with van der Waals surface area (Å²) in [5, 5.41) is 9.06. The molecule has 0 fully saturated rings. The highest BCUT2D eigenvalue weighted by Gasteiger charge is 2.11. The number of benzene rings is 1. The molecule has 1 aromatic rings. The van der Waals surface area contributed by atoms with Gasteiger partial charge in [-0.1, -0.05) is 13.0 Å². The van der Waals surface area contributed by atoms with E-state index in [1.807, 2.05) is 13.0 Å². The first-order chi connectivity index (χ1) is 8.15. The van der Waals surface area contributed by atoms with Crippen LogP contribution in [0.2, 0.25) is 0 Å². The fourth-order valence-corrected chi connectivity index (χ4v) is 1.80. The Balaban J connectivity index is 3.19. The van der Waals surface area contributed by atoms with Gasteiger partial charge in [-0.3, -0.25) is 4.79 Å². The summed E-state index contributed by atoms with van der Waals surface area (Å²) in [6.07, 6.45) is 0.971. The van der Waals surface area contributed by atoms with Gasteiger partial charge in [0.25, 0.3) is 0 Å². The molecule has 0 bridgehead atoms. The molecule has 0 atom stereocenters. The minimum absolute atomic E-state index is 0.184. The monoisotopic (exact) mass is 232 g/mol. The number of rotatable bonds is 4. The molecule has 0 saturated carbocycles. The summed E-state index contributed by atoms with van der Waals surface area (Å²) in [4.78, 5) is 11.2. The van der Waals surface area contributed by atoms with E-state index in [0.717, 1.165) is 23.1 Å². The fraction of sp³-hybridized carbons (Fsp3) is 0.385. The lowest BCUT2D eigenvalue weighted by atomic mass is 9.95. The highest BCUT2D eigenvalue weighted by Crippen LogP contribution is 2.18. The number of hydrogen-bond donors (Lipinski definition) is 1. The van der Waals surface area contributed by atoms with Gasteiger partial charge in [-0.15, -0.1) is 0 Å². The summed E-state index contributed by atoms with van der Waals surface area (Å²) in [6, 6.07) is 5.74. The van der Waals surface area contributed by atoms with E-state index in [-0.39, 0.29) is 12.4 Å². The van der Waals surface area contributed by atoms with Crippen LogP contribution in [0.4, 0.5) is 0 Å². The highest BCUT2D eigenvalue weighted by atomic mass is 16.5. The van der Waals surface area contributed by atoms with Crippen LogP contribution in [0, 0.1) is 11.3 Å². The summed E-state index contributed by atoms with van der Waals surface area (Å²) in [7, 11) is 1.35. The van der Waals surface area contributed by atoms with Gasteiger partial charge in [0.2, 0.25) is 0 Å². The van der Waals surface area contributed by atoms with Crippen molar-refractivity contribution in [2.24, 2.45) is 5.73 Å². The normalized spacial score (nSPS) is 9.76. The first kappa shape index (κ1) is 13.2. The standard InChI is InChI=1S/C13H16N2O2/c1-3-10-4-9(6-13(16)17-2)5-11(7-14)12(10)8-15/h4-5H,3,6,8,15H2,1-2H3. The van der Waals surface area contributed by atoms with E-state index in [9.17, 15) is 4.79 Å². The second-order valence-corrected chi connectivity index (χ2v) is 3.70. The summed E-state index contributed by atoms with van der Waals surface area (Å²) < 4.78 is 4.61. The average Bonchev–Trinajstić information content (AvgIpc) is 2.37. The van der Waals surface area contributed by atoms with Crippen molar-refractivity contribution in [2.75, 3.05) is 7.11 Å². The molecule has 0 spiro atoms. The average molecular weight is 232 g/mol. The number of nitriles is 1. The van der Waals surface area contributed by atoms with Crippen molar-refractivity contribution in [3.63, 3.8) is 0 Å². The molecule has 0 amide bonds. The molecule has 1 aromatic carbocycles. The maximum Gasteiger partial charge on any atom is 0.309 e. The van der Waals surface area contributed by atoms with Crippen molar-refractivity contribution in [3.05, 3.63) is 34.4 Å². The first-order valence-corrected chi connectivity index (χ1v) is 5.47. The zero-order chi connectivity index (χ0) is 12.8. The molecule has 0 unspecified atom stereocenters. The summed E-state index contributed by atoms with van der Waals surface area (Å²) in [6.45, 7) is 2.34. The summed E-state index contributed by atoms with van der Waals surface area (Å²) in [5.74, 6) is -0.309. The van der Waals surface area contributed by atoms with Crippen molar-refractivity contribution >= 4 is 5.97 Å². The molecule has 0 radical (unpaired) electrons. The largest absolute Gasteiger partial charge is 0.469 e. The van der Waals surface area contributed by atoms with Gasteiger partial charge in [0.15, 0.2) is 0 Å². The topological polar surface area (TPSA) is 76.1 Å². The molecular formula is C13H16N2O2. The maximum atomic E-state index is 11.2. The van der Waals surface area contributed by atoms with Crippen molar-refractivity contribution in [3.8, 4) is 6.07 Å². The zero-order valence-electron chi connectivity index (χ0n) is 10.1. The van der Waals surface area contributed by atoms with Gasteiger partial charge in [-0.25, -0.2) is 0 Å². The van der Waals surface area contributed by atoms with Gasteiger partial charge in [-0.2, -0.15) is 5.26 Å². The maximum absolute atomic E-state index is 11.2. The Bertz CT molecular complexity index is 461. The predicted molar refractivity (Wildman–Crippen MR) is 64.1 cm³/mol. The van der Waals surface area contributed by atoms with Crippen LogP contribution in [0.1, 0.15) is 29.2 Å². The quantitative estimate of drug-likeness (QED) is 0.794. The Labute approximate surface area is 101 Å². The van der Waals surface area contributed by atoms with E-state index in [4.69, 9.17) is 11.0 Å². The number of methoxy groups -OCH3 is 1. The van der Waals surface area contributed by atoms with E-state index in [1.165, 1.54) is 7.11 Å². The van der Waals surface area contributed by atoms with Gasteiger partial charge in [0.05, 0.1) is 25.2 Å². The number of esters is 1. The van der Waals surface area contributed by atoms with Crippen molar-refractivity contribution < 1.29 is 9.53 Å². The van der Waals surface area contributed by atoms with Crippen LogP contribution in [0.3, 0.4) is 0 Å². The van der Waals surface area contributed by atoms with Crippen LogP contribution in [0.5, 0.6) is 0 Å². The number of ether oxygens (including phenoxy) is 1. The summed E-state index contributed by atoms with van der Waals surface area (Å²) >= 11 is 0. The van der Waals surface area contributed by atoms with E-state index in [2.05, 4.69) is 10.8 Å². The molecule has 17 heavy (non-hydrogen) atoms. The van der Waals surface area contributed by atoms with E-state index >= 15 is 0 Å². The van der Waals surface area contributed by atoms with E-state index < -0.39 is 0 Å². The third kappa shape index (κ3) is 3.05. The number of aryl methyl sites for hydroxylation is 1. The Kier molecular flexibility index (Phi) is 4.68. The van der Waals surface area contributed by atoms with E-state index in [1.54, 1.807) is 6.07 Å². The van der Waals surface area contributed by atoms with Crippen LogP contribution >= 0.6 is 0 Å². The van der Waals surface area contributed by atoms with Crippen molar-refractivity contribution in [1.82, 2.24) is 0 Å². The number of nitrogens with two attached hydrogens (primary N) is 1. The zero-order valence-corrected chi connectivity index (χ0v) is 10.1. The molecule has 4 heteroatoms. The molecule has 0 aliphatic rings. The second kappa shape index (κ2) is 6.02. The van der Waals surface area contributed by atoms with Crippen LogP contribution in [-0.4, -0.2) is 13.1 Å². The van der Waals surface area contributed by atoms with Crippen molar-refractivity contribution in [1.29, 1.82) is 5.26 Å². The summed E-state index contributed by atoms with van der Waals surface area (Å²) in [5.41, 5.74) is 8.86. The third-order valence-electron chi connectivity index (χ3n) is 2.68. The minimum atomic E-state index is -0.309. The van der Waals surface area contributed by atoms with Crippen LogP contribution in [-0.2, 0) is 28.9 Å². The van der Waals surface area contributed by atoms with E-state index in [0.29, 0.717) is 12.1 Å². The molecule has 0 aliphatic carbocycles. The number of carbonyl (C=O) groups is 1. The molecule has 1 rings (SSSR count). The molecule has 4 nitrogen and oxygen atoms in total. The lowest BCUT2D eigenvalue weighted by molar-refractivity contribution is -0.139. The van der Waals surface area contributed by atoms with Gasteiger partial charge < -0.3 is 10.5 Å². The number of hydrogen-bond acceptors (Lipinski definition) is 4. The Hall–Kier alpha value is -1.86. The first-order valence-electron chi connectivity index (χ1n) is 5.47. The highest BCUT2D eigenvalue weighted by molar-refractivity contribution is 5.72. The van der Waals surface area contributed by atoms with Crippen LogP contribution < -0.4 is 5.73 Å². The van der Waals surface area contributed by atoms with Gasteiger partial charge in [0, 0.05) is 6.54 Å². The van der Waals surface area contributed by atoms with Gasteiger partial charge in [-0.05, 0) is 29.2 Å². The molecule has 0 heterocycles. The number of nitrogens with zero attached hydrogens (tertiary/aromatic N) is 1. The SMILES string of the molecule is CCc1cc(CC(=O)OC)cc(C#N)c1CN. The molecule has 0 saturated heterocycles. The lowest BCUT2D eigenvalue weighted by Gasteiger charge is -2.10. The number of carbonyl (C=O) groups excluding carboxylic acids is 1. The van der Waals surface area contributed by atoms with Crippen LogP contribution in [0.15, 0.2) is 12.1 Å². The molecule has 0 aliphatic heterocycles. The molecular weight excluding hydrogens is 216 g/mol. The Morgan fingerprint density at radius 3 is 2.71 bits per heavy atom. The van der Waals surface area contributed by atoms with Gasteiger partial charge in [0.1, 0.15) is 0 Å². The molecule has 90 valence electrons. The smallest absolute Gasteiger partial charge is 0.309 e. The lowest BCUT2D eigenvalue weighted by Crippen LogP contribution is -2.09. The minimum Gasteiger partial charge on any atom is -0.469 e. The molecule has 0 aromatic heterocycles. The third-order valence-corrected chi connectivity index (χ3v) is 2.68. The predicted octanol–water partition coefficient (Wildman–Crippen LogP) is 1.29. The second-order valence-electron chi connectivity index (χ2n) is 3.70. The van der Waals surface area contributed by atoms with Gasteiger partial charge >= 0.3 is 5.97 Å². The molecule has 2 N–H and O–H groups in total.